The van der Waals surface area contributed by atoms with Crippen LogP contribution in [0.25, 0.3) is 0 Å². The molecule has 0 unspecified atom stereocenters. The second kappa shape index (κ2) is 5.15. The van der Waals surface area contributed by atoms with Gasteiger partial charge in [-0.05, 0) is 0 Å². The maximum atomic E-state index is 10.1. The normalized spacial score (nSPS) is 11.3. The van der Waals surface area contributed by atoms with Gasteiger partial charge in [0.25, 0.3) is 0 Å². The number of carbonyl (C=O) groups is 1. The van der Waals surface area contributed by atoms with Crippen LogP contribution in [0.2, 0.25) is 0 Å². The minimum absolute atomic E-state index is 0.0824. The summed E-state index contributed by atoms with van der Waals surface area (Å²) in [4.78, 5) is 15.8. The molecule has 0 spiro atoms. The van der Waals surface area contributed by atoms with E-state index in [-0.39, 0.29) is 6.42 Å². The zero-order chi connectivity index (χ0) is 8.85. The third-order valence-electron chi connectivity index (χ3n) is 0.955. The fourth-order valence-corrected chi connectivity index (χ4v) is 0.580. The van der Waals surface area contributed by atoms with Crippen molar-refractivity contribution in [2.24, 2.45) is 4.99 Å². The van der Waals surface area contributed by atoms with Crippen LogP contribution in [-0.4, -0.2) is 57.4 Å². The summed E-state index contributed by atoms with van der Waals surface area (Å²) in [6.07, 6.45) is 0.0824. The van der Waals surface area contributed by atoms with E-state index < -0.39 is 5.97 Å². The first kappa shape index (κ1) is 10.5. The van der Waals surface area contributed by atoms with Crippen molar-refractivity contribution in [2.45, 2.75) is 6.42 Å². The SMILES string of the molecule is CN(C)C([Se])=NCCC(=O)O. The van der Waals surface area contributed by atoms with Crippen molar-refractivity contribution < 1.29 is 9.90 Å². The fourth-order valence-electron chi connectivity index (χ4n) is 0.389. The molecular formula is C6H11N2O2Se. The van der Waals surface area contributed by atoms with Crippen molar-refractivity contribution in [3.63, 3.8) is 0 Å². The summed E-state index contributed by atoms with van der Waals surface area (Å²) in [5.74, 6) is -0.819. The number of hydrogen-bond donors (Lipinski definition) is 1. The van der Waals surface area contributed by atoms with E-state index in [2.05, 4.69) is 21.0 Å². The van der Waals surface area contributed by atoms with Crippen molar-refractivity contribution in [1.29, 1.82) is 0 Å². The molecule has 5 heteroatoms. The Kier molecular flexibility index (Phi) is 4.90. The first-order valence-electron chi connectivity index (χ1n) is 3.14. The molecule has 0 atom stereocenters. The van der Waals surface area contributed by atoms with Crippen molar-refractivity contribution in [1.82, 2.24) is 4.90 Å². The van der Waals surface area contributed by atoms with Crippen molar-refractivity contribution in [3.8, 4) is 0 Å². The van der Waals surface area contributed by atoms with E-state index in [0.29, 0.717) is 6.54 Å². The van der Waals surface area contributed by atoms with Crippen LogP contribution < -0.4 is 0 Å². The molecule has 63 valence electrons. The van der Waals surface area contributed by atoms with E-state index in [1.54, 1.807) is 4.90 Å². The van der Waals surface area contributed by atoms with Gasteiger partial charge >= 0.3 is 73.6 Å². The molecule has 1 radical (unpaired) electrons. The molecule has 0 saturated carbocycles. The first-order chi connectivity index (χ1) is 5.04. The zero-order valence-corrected chi connectivity index (χ0v) is 8.29. The van der Waals surface area contributed by atoms with Gasteiger partial charge in [-0.3, -0.25) is 0 Å². The molecule has 0 bridgehead atoms. The van der Waals surface area contributed by atoms with E-state index in [4.69, 9.17) is 5.11 Å². The second-order valence-electron chi connectivity index (χ2n) is 2.20. The Morgan fingerprint density at radius 3 is 2.55 bits per heavy atom. The Morgan fingerprint density at radius 2 is 2.18 bits per heavy atom. The monoisotopic (exact) mass is 223 g/mol. The molecule has 0 aliphatic carbocycles. The minimum atomic E-state index is -0.819. The van der Waals surface area contributed by atoms with Gasteiger partial charge in [0.05, 0.1) is 0 Å². The molecule has 11 heavy (non-hydrogen) atoms. The van der Waals surface area contributed by atoms with Crippen LogP contribution in [0.1, 0.15) is 6.42 Å². The number of nitrogens with zero attached hydrogens (tertiary/aromatic N) is 2. The second-order valence-corrected chi connectivity index (χ2v) is 2.97. The Labute approximate surface area is 74.1 Å². The van der Waals surface area contributed by atoms with Crippen molar-refractivity contribution in [3.05, 3.63) is 0 Å². The van der Waals surface area contributed by atoms with Gasteiger partial charge in [0.1, 0.15) is 0 Å². The molecule has 0 heterocycles. The molecule has 4 nitrogen and oxygen atoms in total. The van der Waals surface area contributed by atoms with Crippen molar-refractivity contribution in [2.75, 3.05) is 20.6 Å². The Balaban J connectivity index is 3.65. The van der Waals surface area contributed by atoms with Crippen LogP contribution >= 0.6 is 0 Å². The predicted octanol–water partition coefficient (Wildman–Crippen LogP) is -0.453. The van der Waals surface area contributed by atoms with Crippen molar-refractivity contribution >= 4 is 26.7 Å². The molecule has 1 N–H and O–H groups in total. The average molecular weight is 222 g/mol. The molecule has 0 aliphatic rings. The molecule has 0 aromatic carbocycles. The van der Waals surface area contributed by atoms with Gasteiger partial charge in [0.15, 0.2) is 0 Å². The number of carboxylic acid groups (broad SMARTS) is 1. The number of aliphatic imine (C=N–C) groups is 1. The Morgan fingerprint density at radius 1 is 1.64 bits per heavy atom. The van der Waals surface area contributed by atoms with Crippen LogP contribution in [0.3, 0.4) is 0 Å². The van der Waals surface area contributed by atoms with Gasteiger partial charge in [-0.2, -0.15) is 0 Å². The molecule has 0 saturated heterocycles. The molecular weight excluding hydrogens is 211 g/mol. The van der Waals surface area contributed by atoms with Crippen LogP contribution in [0, 0.1) is 0 Å². The molecule has 0 aromatic rings. The molecule has 0 aliphatic heterocycles. The number of amidine groups is 1. The number of rotatable bonds is 3. The Hall–Kier alpha value is -0.541. The summed E-state index contributed by atoms with van der Waals surface area (Å²) in [6.45, 7) is 0.329. The number of carboxylic acids is 1. The summed E-state index contributed by atoms with van der Waals surface area (Å²) in [7, 11) is 3.69. The summed E-state index contributed by atoms with van der Waals surface area (Å²) in [5.41, 5.74) is 0. The van der Waals surface area contributed by atoms with E-state index in [1.165, 1.54) is 0 Å². The van der Waals surface area contributed by atoms with Gasteiger partial charge in [0.2, 0.25) is 0 Å². The topological polar surface area (TPSA) is 52.9 Å². The summed E-state index contributed by atoms with van der Waals surface area (Å²) in [5, 5.41) is 8.27. The van der Waals surface area contributed by atoms with E-state index in [1.807, 2.05) is 14.1 Å². The fraction of sp³-hybridized carbons (Fsp3) is 0.667. The summed E-state index contributed by atoms with van der Waals surface area (Å²) >= 11 is 2.73. The average Bonchev–Trinajstić information content (AvgIpc) is 1.86. The van der Waals surface area contributed by atoms with Crippen LogP contribution in [0.4, 0.5) is 0 Å². The van der Waals surface area contributed by atoms with Crippen LogP contribution in [0.5, 0.6) is 0 Å². The predicted molar refractivity (Wildman–Crippen MR) is 44.0 cm³/mol. The molecule has 0 rings (SSSR count). The van der Waals surface area contributed by atoms with Gasteiger partial charge in [-0.15, -0.1) is 0 Å². The number of hydrogen-bond acceptors (Lipinski definition) is 2. The van der Waals surface area contributed by atoms with Gasteiger partial charge < -0.3 is 0 Å². The quantitative estimate of drug-likeness (QED) is 0.399. The van der Waals surface area contributed by atoms with Gasteiger partial charge in [-0.25, -0.2) is 0 Å². The van der Waals surface area contributed by atoms with E-state index in [0.717, 1.165) is 4.73 Å². The first-order valence-corrected chi connectivity index (χ1v) is 4.00. The maximum absolute atomic E-state index is 10.1. The third-order valence-corrected chi connectivity index (χ3v) is 1.99. The number of aliphatic carboxylic acids is 1. The molecule has 0 aromatic heterocycles. The third kappa shape index (κ3) is 5.88. The van der Waals surface area contributed by atoms with E-state index >= 15 is 0 Å². The van der Waals surface area contributed by atoms with Gasteiger partial charge in [0, 0.05) is 0 Å². The molecule has 0 fully saturated rings. The van der Waals surface area contributed by atoms with Crippen LogP contribution in [-0.2, 0) is 4.79 Å². The zero-order valence-electron chi connectivity index (χ0n) is 6.57. The molecule has 0 amide bonds. The van der Waals surface area contributed by atoms with Crippen LogP contribution in [0.15, 0.2) is 4.99 Å². The summed E-state index contributed by atoms with van der Waals surface area (Å²) < 4.78 is 0.728. The standard InChI is InChI=1S/C6H11N2O2Se/c1-8(2)6(11)7-4-3-5(9)10/h3-4H2,1-2H3,(H,9,10). The summed E-state index contributed by atoms with van der Waals surface area (Å²) in [6, 6.07) is 0. The van der Waals surface area contributed by atoms with Gasteiger partial charge in [-0.1, -0.05) is 0 Å². The van der Waals surface area contributed by atoms with E-state index in [9.17, 15) is 4.79 Å². The Bertz CT molecular complexity index is 168.